The van der Waals surface area contributed by atoms with Gasteiger partial charge < -0.3 is 19.9 Å². The third-order valence-electron chi connectivity index (χ3n) is 4.00. The minimum Gasteiger partial charge on any atom is -0.384 e. The first-order valence-corrected chi connectivity index (χ1v) is 8.28. The molecule has 2 heterocycles. The zero-order valence-electron chi connectivity index (χ0n) is 15.2. The minimum absolute atomic E-state index is 0. The maximum Gasteiger partial charge on any atom is 0.194 e. The van der Waals surface area contributed by atoms with Crippen LogP contribution in [0.15, 0.2) is 23.3 Å². The Kier molecular flexibility index (Phi) is 9.35. The van der Waals surface area contributed by atoms with Gasteiger partial charge >= 0.3 is 0 Å². The van der Waals surface area contributed by atoms with E-state index in [1.807, 2.05) is 31.3 Å². The standard InChI is InChI=1S/C17H29N5O.HI/c1-5-18-17(22-9-7-15(12-22)13-23-4)20-11-14-6-8-19-16(10-14)21(2)3;/h6,8,10,15H,5,7,9,11-13H2,1-4H3,(H,18,20);1H. The second kappa shape index (κ2) is 10.7. The van der Waals surface area contributed by atoms with E-state index < -0.39 is 0 Å². The van der Waals surface area contributed by atoms with Crippen LogP contribution in [0.5, 0.6) is 0 Å². The SMILES string of the molecule is CCNC(=NCc1ccnc(N(C)C)c1)N1CCC(COC)C1.I. The van der Waals surface area contributed by atoms with Crippen molar-refractivity contribution in [2.75, 3.05) is 52.3 Å². The summed E-state index contributed by atoms with van der Waals surface area (Å²) in [5, 5.41) is 3.40. The summed E-state index contributed by atoms with van der Waals surface area (Å²) < 4.78 is 5.28. The Bertz CT molecular complexity index is 523. The molecule has 1 atom stereocenters. The van der Waals surface area contributed by atoms with Crippen LogP contribution in [0.25, 0.3) is 0 Å². The number of ether oxygens (including phenoxy) is 1. The molecule has 1 aliphatic rings. The Morgan fingerprint density at radius 1 is 1.50 bits per heavy atom. The number of rotatable bonds is 6. The largest absolute Gasteiger partial charge is 0.384 e. The molecule has 7 heteroatoms. The van der Waals surface area contributed by atoms with Crippen molar-refractivity contribution in [1.82, 2.24) is 15.2 Å². The zero-order valence-corrected chi connectivity index (χ0v) is 17.5. The number of pyridine rings is 1. The van der Waals surface area contributed by atoms with Gasteiger partial charge in [0.25, 0.3) is 0 Å². The van der Waals surface area contributed by atoms with Crippen molar-refractivity contribution >= 4 is 35.8 Å². The fraction of sp³-hybridized carbons (Fsp3) is 0.647. The third-order valence-corrected chi connectivity index (χ3v) is 4.00. The van der Waals surface area contributed by atoms with E-state index in [0.29, 0.717) is 12.5 Å². The first-order chi connectivity index (χ1) is 11.1. The van der Waals surface area contributed by atoms with Crippen LogP contribution in [-0.2, 0) is 11.3 Å². The second-order valence-electron chi connectivity index (χ2n) is 6.14. The van der Waals surface area contributed by atoms with E-state index in [1.54, 1.807) is 7.11 Å². The van der Waals surface area contributed by atoms with E-state index in [9.17, 15) is 0 Å². The van der Waals surface area contributed by atoms with Crippen molar-refractivity contribution in [3.63, 3.8) is 0 Å². The van der Waals surface area contributed by atoms with Crippen molar-refractivity contribution < 1.29 is 4.74 Å². The molecule has 1 aromatic heterocycles. The first kappa shape index (κ1) is 21.0. The number of guanidine groups is 1. The Morgan fingerprint density at radius 3 is 2.96 bits per heavy atom. The molecule has 1 aliphatic heterocycles. The molecule has 1 aromatic rings. The lowest BCUT2D eigenvalue weighted by Crippen LogP contribution is -2.40. The van der Waals surface area contributed by atoms with Crippen molar-refractivity contribution in [3.8, 4) is 0 Å². The Labute approximate surface area is 162 Å². The minimum atomic E-state index is 0. The fourth-order valence-electron chi connectivity index (χ4n) is 2.79. The van der Waals surface area contributed by atoms with Crippen LogP contribution in [0, 0.1) is 5.92 Å². The van der Waals surface area contributed by atoms with Gasteiger partial charge in [0.15, 0.2) is 5.96 Å². The summed E-state index contributed by atoms with van der Waals surface area (Å²) in [6, 6.07) is 4.11. The number of aliphatic imine (C=N–C) groups is 1. The van der Waals surface area contributed by atoms with Gasteiger partial charge in [-0.25, -0.2) is 9.98 Å². The lowest BCUT2D eigenvalue weighted by Gasteiger charge is -2.21. The average molecular weight is 447 g/mol. The number of hydrogen-bond donors (Lipinski definition) is 1. The summed E-state index contributed by atoms with van der Waals surface area (Å²) in [5.41, 5.74) is 1.17. The molecule has 1 N–H and O–H groups in total. The van der Waals surface area contributed by atoms with Crippen LogP contribution >= 0.6 is 24.0 Å². The molecular formula is C17H30IN5O. The molecule has 24 heavy (non-hydrogen) atoms. The van der Waals surface area contributed by atoms with Gasteiger partial charge in [-0.3, -0.25) is 0 Å². The van der Waals surface area contributed by atoms with Crippen LogP contribution in [0.2, 0.25) is 0 Å². The quantitative estimate of drug-likeness (QED) is 0.412. The fourth-order valence-corrected chi connectivity index (χ4v) is 2.79. The van der Waals surface area contributed by atoms with Gasteiger partial charge in [0.2, 0.25) is 0 Å². The van der Waals surface area contributed by atoms with E-state index in [1.165, 1.54) is 5.56 Å². The van der Waals surface area contributed by atoms with E-state index in [2.05, 4.69) is 28.2 Å². The second-order valence-corrected chi connectivity index (χ2v) is 6.14. The zero-order chi connectivity index (χ0) is 16.7. The summed E-state index contributed by atoms with van der Waals surface area (Å²) in [7, 11) is 5.77. The molecule has 6 nitrogen and oxygen atoms in total. The Morgan fingerprint density at radius 2 is 2.29 bits per heavy atom. The summed E-state index contributed by atoms with van der Waals surface area (Å²) in [5.74, 6) is 2.56. The number of hydrogen-bond acceptors (Lipinski definition) is 4. The van der Waals surface area contributed by atoms with E-state index in [4.69, 9.17) is 9.73 Å². The van der Waals surface area contributed by atoms with E-state index in [0.717, 1.165) is 44.4 Å². The summed E-state index contributed by atoms with van der Waals surface area (Å²) >= 11 is 0. The highest BCUT2D eigenvalue weighted by Crippen LogP contribution is 2.17. The topological polar surface area (TPSA) is 53.0 Å². The highest BCUT2D eigenvalue weighted by atomic mass is 127. The average Bonchev–Trinajstić information content (AvgIpc) is 3.00. The molecule has 0 aromatic carbocycles. The number of likely N-dealkylation sites (tertiary alicyclic amines) is 1. The van der Waals surface area contributed by atoms with Gasteiger partial charge in [0, 0.05) is 53.0 Å². The lowest BCUT2D eigenvalue weighted by molar-refractivity contribution is 0.157. The highest BCUT2D eigenvalue weighted by Gasteiger charge is 2.24. The van der Waals surface area contributed by atoms with Gasteiger partial charge in [0.1, 0.15) is 5.82 Å². The van der Waals surface area contributed by atoms with E-state index >= 15 is 0 Å². The smallest absolute Gasteiger partial charge is 0.194 e. The summed E-state index contributed by atoms with van der Waals surface area (Å²) in [6.07, 6.45) is 3.01. The summed E-state index contributed by atoms with van der Waals surface area (Å²) in [6.45, 7) is 6.53. The number of nitrogens with zero attached hydrogens (tertiary/aromatic N) is 4. The molecule has 0 bridgehead atoms. The monoisotopic (exact) mass is 447 g/mol. The van der Waals surface area contributed by atoms with Crippen LogP contribution in [0.4, 0.5) is 5.82 Å². The van der Waals surface area contributed by atoms with Crippen LogP contribution < -0.4 is 10.2 Å². The number of anilines is 1. The van der Waals surface area contributed by atoms with Crippen molar-refractivity contribution in [2.24, 2.45) is 10.9 Å². The molecule has 0 saturated carbocycles. The maximum absolute atomic E-state index is 5.28. The first-order valence-electron chi connectivity index (χ1n) is 8.28. The van der Waals surface area contributed by atoms with Gasteiger partial charge in [-0.15, -0.1) is 24.0 Å². The molecular weight excluding hydrogens is 417 g/mol. The van der Waals surface area contributed by atoms with Crippen LogP contribution in [0.1, 0.15) is 18.9 Å². The van der Waals surface area contributed by atoms with Gasteiger partial charge in [-0.05, 0) is 31.0 Å². The molecule has 0 amide bonds. The van der Waals surface area contributed by atoms with Gasteiger partial charge in [-0.2, -0.15) is 0 Å². The van der Waals surface area contributed by atoms with Gasteiger partial charge in [-0.1, -0.05) is 0 Å². The van der Waals surface area contributed by atoms with Crippen LogP contribution in [-0.4, -0.2) is 63.3 Å². The van der Waals surface area contributed by atoms with Crippen molar-refractivity contribution in [1.29, 1.82) is 0 Å². The molecule has 0 radical (unpaired) electrons. The third kappa shape index (κ3) is 6.08. The number of nitrogens with one attached hydrogen (secondary N) is 1. The lowest BCUT2D eigenvalue weighted by atomic mass is 10.1. The Balaban J connectivity index is 0.00000288. The summed E-state index contributed by atoms with van der Waals surface area (Å²) in [4.78, 5) is 13.5. The molecule has 136 valence electrons. The number of methoxy groups -OCH3 is 1. The molecule has 1 fully saturated rings. The number of halogens is 1. The Hall–Kier alpha value is -1.09. The van der Waals surface area contributed by atoms with Crippen molar-refractivity contribution in [2.45, 2.75) is 19.9 Å². The normalized spacial score (nSPS) is 17.6. The molecule has 2 rings (SSSR count). The number of aromatic nitrogens is 1. The van der Waals surface area contributed by atoms with E-state index in [-0.39, 0.29) is 24.0 Å². The molecule has 1 unspecified atom stereocenters. The molecule has 1 saturated heterocycles. The van der Waals surface area contributed by atoms with Crippen molar-refractivity contribution in [3.05, 3.63) is 23.9 Å². The predicted octanol–water partition coefficient (Wildman–Crippen LogP) is 2.20. The highest BCUT2D eigenvalue weighted by molar-refractivity contribution is 14.0. The maximum atomic E-state index is 5.28. The molecule has 0 spiro atoms. The molecule has 0 aliphatic carbocycles. The predicted molar refractivity (Wildman–Crippen MR) is 110 cm³/mol. The van der Waals surface area contributed by atoms with Crippen LogP contribution in [0.3, 0.4) is 0 Å². The van der Waals surface area contributed by atoms with Gasteiger partial charge in [0.05, 0.1) is 13.2 Å².